The third kappa shape index (κ3) is 4.39. The molecule has 0 bridgehead atoms. The van der Waals surface area contributed by atoms with Crippen LogP contribution in [0.15, 0.2) is 34.1 Å². The van der Waals surface area contributed by atoms with Crippen molar-refractivity contribution in [3.63, 3.8) is 0 Å². The van der Waals surface area contributed by atoms with E-state index in [1.165, 1.54) is 7.11 Å². The van der Waals surface area contributed by atoms with Crippen molar-refractivity contribution in [2.75, 3.05) is 18.2 Å². The van der Waals surface area contributed by atoms with E-state index in [9.17, 15) is 14.4 Å². The molecule has 0 aliphatic carbocycles. The van der Waals surface area contributed by atoms with Gasteiger partial charge in [-0.3, -0.25) is 4.79 Å². The summed E-state index contributed by atoms with van der Waals surface area (Å²) in [6.45, 7) is 1.68. The first-order valence-corrected chi connectivity index (χ1v) is 7.53. The van der Waals surface area contributed by atoms with E-state index in [4.69, 9.17) is 0 Å². The van der Waals surface area contributed by atoms with Gasteiger partial charge in [0.15, 0.2) is 0 Å². The largest absolute Gasteiger partial charge is 0.465 e. The molecule has 0 spiro atoms. The normalized spacial score (nSPS) is 10.2. The van der Waals surface area contributed by atoms with Gasteiger partial charge in [-0.25, -0.2) is 14.7 Å². The number of hydrogen-bond donors (Lipinski definition) is 2. The molecule has 8 nitrogen and oxygen atoms in total. The fourth-order valence-corrected chi connectivity index (χ4v) is 2.46. The molecule has 1 aromatic carbocycles. The SMILES string of the molecule is COC(=O)c1ccccc1NC(=O)CSc1nc(=O)[nH]nc1C. The highest BCUT2D eigenvalue weighted by atomic mass is 32.2. The maximum Gasteiger partial charge on any atom is 0.362 e. The van der Waals surface area contributed by atoms with E-state index in [0.717, 1.165) is 11.8 Å². The van der Waals surface area contributed by atoms with E-state index >= 15 is 0 Å². The van der Waals surface area contributed by atoms with Gasteiger partial charge in [0.25, 0.3) is 0 Å². The van der Waals surface area contributed by atoms with Gasteiger partial charge in [0.1, 0.15) is 5.03 Å². The lowest BCUT2D eigenvalue weighted by atomic mass is 10.2. The van der Waals surface area contributed by atoms with Crippen LogP contribution in [0.1, 0.15) is 16.1 Å². The third-order valence-corrected chi connectivity index (χ3v) is 3.84. The minimum Gasteiger partial charge on any atom is -0.465 e. The number of esters is 1. The zero-order chi connectivity index (χ0) is 16.8. The number of thioether (sulfide) groups is 1. The Morgan fingerprint density at radius 1 is 1.35 bits per heavy atom. The fraction of sp³-hybridized carbons (Fsp3) is 0.214. The van der Waals surface area contributed by atoms with Crippen LogP contribution in [0.3, 0.4) is 0 Å². The maximum atomic E-state index is 12.0. The van der Waals surface area contributed by atoms with Crippen LogP contribution in [0.2, 0.25) is 0 Å². The highest BCUT2D eigenvalue weighted by Crippen LogP contribution is 2.19. The summed E-state index contributed by atoms with van der Waals surface area (Å²) in [4.78, 5) is 38.6. The van der Waals surface area contributed by atoms with Gasteiger partial charge in [-0.2, -0.15) is 10.1 Å². The smallest absolute Gasteiger partial charge is 0.362 e. The van der Waals surface area contributed by atoms with Crippen LogP contribution in [-0.4, -0.2) is 39.9 Å². The maximum absolute atomic E-state index is 12.0. The Balaban J connectivity index is 2.04. The molecule has 0 atom stereocenters. The Hall–Kier alpha value is -2.68. The Morgan fingerprint density at radius 3 is 2.83 bits per heavy atom. The summed E-state index contributed by atoms with van der Waals surface area (Å²) >= 11 is 1.09. The first-order chi connectivity index (χ1) is 11.0. The number of carbonyl (C=O) groups is 2. The fourth-order valence-electron chi connectivity index (χ4n) is 1.71. The molecule has 0 aliphatic heterocycles. The molecular weight excluding hydrogens is 320 g/mol. The molecule has 0 aliphatic rings. The number of nitrogens with zero attached hydrogens (tertiary/aromatic N) is 2. The minimum absolute atomic E-state index is 0.0223. The van der Waals surface area contributed by atoms with E-state index in [-0.39, 0.29) is 17.2 Å². The number of anilines is 1. The van der Waals surface area contributed by atoms with E-state index in [2.05, 4.69) is 25.2 Å². The second-order valence-electron chi connectivity index (χ2n) is 4.41. The van der Waals surface area contributed by atoms with Gasteiger partial charge in [0, 0.05) is 0 Å². The lowest BCUT2D eigenvalue weighted by Gasteiger charge is -2.09. The van der Waals surface area contributed by atoms with Crippen molar-refractivity contribution in [1.29, 1.82) is 0 Å². The number of aryl methyl sites for hydroxylation is 1. The van der Waals surface area contributed by atoms with Crippen molar-refractivity contribution in [2.45, 2.75) is 11.9 Å². The van der Waals surface area contributed by atoms with Crippen LogP contribution in [-0.2, 0) is 9.53 Å². The Morgan fingerprint density at radius 2 is 2.09 bits per heavy atom. The number of ether oxygens (including phenoxy) is 1. The number of rotatable bonds is 5. The van der Waals surface area contributed by atoms with Crippen LogP contribution in [0, 0.1) is 6.92 Å². The van der Waals surface area contributed by atoms with Gasteiger partial charge in [0.2, 0.25) is 5.91 Å². The number of carbonyl (C=O) groups excluding carboxylic acids is 2. The van der Waals surface area contributed by atoms with Crippen molar-refractivity contribution in [2.24, 2.45) is 0 Å². The van der Waals surface area contributed by atoms with Crippen molar-refractivity contribution in [3.05, 3.63) is 46.0 Å². The Labute approximate surface area is 135 Å². The molecule has 2 aromatic rings. The number of aromatic amines is 1. The number of amides is 1. The molecule has 0 radical (unpaired) electrons. The number of nitrogens with one attached hydrogen (secondary N) is 2. The molecule has 2 N–H and O–H groups in total. The summed E-state index contributed by atoms with van der Waals surface area (Å²) in [6, 6.07) is 6.53. The Kier molecular flexibility index (Phi) is 5.47. The number of H-pyrrole nitrogens is 1. The van der Waals surface area contributed by atoms with Crippen LogP contribution in [0.5, 0.6) is 0 Å². The second-order valence-corrected chi connectivity index (χ2v) is 5.37. The van der Waals surface area contributed by atoms with E-state index in [1.807, 2.05) is 0 Å². The molecule has 120 valence electrons. The van der Waals surface area contributed by atoms with Crippen LogP contribution in [0.25, 0.3) is 0 Å². The molecule has 23 heavy (non-hydrogen) atoms. The lowest BCUT2D eigenvalue weighted by Crippen LogP contribution is -2.18. The highest BCUT2D eigenvalue weighted by Gasteiger charge is 2.14. The summed E-state index contributed by atoms with van der Waals surface area (Å²) in [6.07, 6.45) is 0. The van der Waals surface area contributed by atoms with Crippen LogP contribution >= 0.6 is 11.8 Å². The first kappa shape index (κ1) is 16.7. The number of para-hydroxylation sites is 1. The minimum atomic E-state index is -0.574. The zero-order valence-corrected chi connectivity index (χ0v) is 13.3. The van der Waals surface area contributed by atoms with E-state index < -0.39 is 11.7 Å². The number of hydrogen-bond acceptors (Lipinski definition) is 7. The molecule has 1 heterocycles. The first-order valence-electron chi connectivity index (χ1n) is 6.54. The third-order valence-electron chi connectivity index (χ3n) is 2.78. The van der Waals surface area contributed by atoms with Gasteiger partial charge in [-0.05, 0) is 19.1 Å². The van der Waals surface area contributed by atoms with Crippen LogP contribution < -0.4 is 11.0 Å². The number of benzene rings is 1. The molecular formula is C14H14N4O4S. The van der Waals surface area contributed by atoms with Crippen molar-refractivity contribution in [3.8, 4) is 0 Å². The topological polar surface area (TPSA) is 114 Å². The highest BCUT2D eigenvalue weighted by molar-refractivity contribution is 8.00. The summed E-state index contributed by atoms with van der Waals surface area (Å²) in [7, 11) is 1.27. The number of methoxy groups -OCH3 is 1. The molecule has 2 rings (SSSR count). The zero-order valence-electron chi connectivity index (χ0n) is 12.5. The van der Waals surface area contributed by atoms with E-state index in [0.29, 0.717) is 16.4 Å². The predicted octanol–water partition coefficient (Wildman–Crippen LogP) is 0.991. The summed E-state index contributed by atoms with van der Waals surface area (Å²) in [5.74, 6) is -0.855. The van der Waals surface area contributed by atoms with Gasteiger partial charge in [0.05, 0.1) is 29.8 Å². The lowest BCUT2D eigenvalue weighted by molar-refractivity contribution is -0.113. The van der Waals surface area contributed by atoms with Crippen molar-refractivity contribution < 1.29 is 14.3 Å². The quantitative estimate of drug-likeness (QED) is 0.619. The van der Waals surface area contributed by atoms with Crippen LogP contribution in [0.4, 0.5) is 5.69 Å². The molecule has 0 saturated heterocycles. The van der Waals surface area contributed by atoms with Gasteiger partial charge in [-0.1, -0.05) is 23.9 Å². The van der Waals surface area contributed by atoms with Gasteiger partial charge >= 0.3 is 11.7 Å². The molecule has 0 fully saturated rings. The van der Waals surface area contributed by atoms with Crippen molar-refractivity contribution in [1.82, 2.24) is 15.2 Å². The summed E-state index contributed by atoms with van der Waals surface area (Å²) in [5, 5.41) is 9.00. The average molecular weight is 334 g/mol. The number of aromatic nitrogens is 3. The summed E-state index contributed by atoms with van der Waals surface area (Å²) in [5.41, 5.74) is 0.575. The van der Waals surface area contributed by atoms with E-state index in [1.54, 1.807) is 31.2 Å². The predicted molar refractivity (Wildman–Crippen MR) is 84.5 cm³/mol. The average Bonchev–Trinajstić information content (AvgIpc) is 2.55. The molecule has 9 heteroatoms. The second kappa shape index (κ2) is 7.54. The molecule has 1 aromatic heterocycles. The Bertz CT molecular complexity index is 790. The van der Waals surface area contributed by atoms with Crippen molar-refractivity contribution >= 4 is 29.3 Å². The molecule has 1 amide bonds. The van der Waals surface area contributed by atoms with Gasteiger partial charge < -0.3 is 10.1 Å². The van der Waals surface area contributed by atoms with Gasteiger partial charge in [-0.15, -0.1) is 0 Å². The molecule has 0 saturated carbocycles. The standard InChI is InChI=1S/C14H14N4O4S/c1-8-12(16-14(21)18-17-8)23-7-11(19)15-10-6-4-3-5-9(10)13(20)22-2/h3-6H,7H2,1-2H3,(H,15,19)(H,16,18,21). The summed E-state index contributed by atoms with van der Waals surface area (Å²) < 4.78 is 4.66. The monoisotopic (exact) mass is 334 g/mol. The molecule has 0 unspecified atom stereocenters.